The number of hydrogen-bond donors (Lipinski definition) is 1. The predicted molar refractivity (Wildman–Crippen MR) is 126 cm³/mol. The molecule has 1 saturated heterocycles. The van der Waals surface area contributed by atoms with Gasteiger partial charge in [-0.05, 0) is 35.9 Å². The van der Waals surface area contributed by atoms with Gasteiger partial charge in [-0.15, -0.1) is 0 Å². The van der Waals surface area contributed by atoms with Crippen LogP contribution in [-0.4, -0.2) is 26.2 Å². The Morgan fingerprint density at radius 3 is 2.52 bits per heavy atom. The Balaban J connectivity index is 1.62. The van der Waals surface area contributed by atoms with Gasteiger partial charge in [-0.3, -0.25) is 9.69 Å². The van der Waals surface area contributed by atoms with Crippen LogP contribution in [0, 0.1) is 0 Å². The average molecular weight is 490 g/mol. The van der Waals surface area contributed by atoms with Crippen molar-refractivity contribution in [3.63, 3.8) is 0 Å². The van der Waals surface area contributed by atoms with Crippen molar-refractivity contribution in [2.45, 2.75) is 6.04 Å². The van der Waals surface area contributed by atoms with Gasteiger partial charge in [0.05, 0.1) is 15.0 Å². The monoisotopic (exact) mass is 489 g/mol. The molecule has 0 aliphatic carbocycles. The summed E-state index contributed by atoms with van der Waals surface area (Å²) in [7, 11) is 0. The summed E-state index contributed by atoms with van der Waals surface area (Å²) >= 11 is 18.4. The number of halogens is 2. The fourth-order valence-electron chi connectivity index (χ4n) is 3.10. The van der Waals surface area contributed by atoms with Crippen LogP contribution >= 0.6 is 47.2 Å². The quantitative estimate of drug-likeness (QED) is 0.335. The van der Waals surface area contributed by atoms with E-state index >= 15 is 0 Å². The summed E-state index contributed by atoms with van der Waals surface area (Å²) in [5, 5.41) is 10.6. The maximum Gasteiger partial charge on any atom is 0.331 e. The van der Waals surface area contributed by atoms with Crippen molar-refractivity contribution in [2.75, 3.05) is 0 Å². The Kier molecular flexibility index (Phi) is 6.20. The lowest BCUT2D eigenvalue weighted by Gasteiger charge is -2.23. The van der Waals surface area contributed by atoms with Gasteiger partial charge in [-0.25, -0.2) is 4.79 Å². The van der Waals surface area contributed by atoms with Gasteiger partial charge in [0.2, 0.25) is 0 Å². The van der Waals surface area contributed by atoms with E-state index in [1.807, 2.05) is 0 Å². The molecule has 0 bridgehead atoms. The summed E-state index contributed by atoms with van der Waals surface area (Å²) in [4.78, 5) is 26.3. The van der Waals surface area contributed by atoms with E-state index in [1.54, 1.807) is 66.7 Å². The first-order valence-electron chi connectivity index (χ1n) is 8.95. The van der Waals surface area contributed by atoms with Gasteiger partial charge >= 0.3 is 5.97 Å². The largest absolute Gasteiger partial charge is 0.479 e. The molecule has 0 radical (unpaired) electrons. The minimum Gasteiger partial charge on any atom is -0.479 e. The first-order chi connectivity index (χ1) is 14.8. The summed E-state index contributed by atoms with van der Waals surface area (Å²) in [5.74, 6) is -0.677. The summed E-state index contributed by atoms with van der Waals surface area (Å²) in [6.45, 7) is 0. The highest BCUT2D eigenvalue weighted by atomic mass is 35.5. The molecule has 2 heterocycles. The zero-order chi connectivity index (χ0) is 22.1. The fourth-order valence-corrected chi connectivity index (χ4v) is 4.70. The van der Waals surface area contributed by atoms with Crippen LogP contribution in [0.4, 0.5) is 0 Å². The van der Waals surface area contributed by atoms with E-state index in [0.717, 1.165) is 22.2 Å². The number of carboxylic acid groups (broad SMARTS) is 1. The maximum atomic E-state index is 13.0. The van der Waals surface area contributed by atoms with Gasteiger partial charge in [-0.1, -0.05) is 77.5 Å². The lowest BCUT2D eigenvalue weighted by Crippen LogP contribution is -2.37. The number of nitrogens with zero attached hydrogens (tertiary/aromatic N) is 1. The lowest BCUT2D eigenvalue weighted by molar-refractivity contribution is -0.145. The first kappa shape index (κ1) is 21.6. The van der Waals surface area contributed by atoms with Crippen molar-refractivity contribution in [3.8, 4) is 11.3 Å². The molecule has 1 N–H and O–H groups in total. The van der Waals surface area contributed by atoms with E-state index in [1.165, 1.54) is 0 Å². The van der Waals surface area contributed by atoms with Crippen molar-refractivity contribution in [1.82, 2.24) is 4.90 Å². The second kappa shape index (κ2) is 8.88. The molecule has 5 nitrogen and oxygen atoms in total. The summed E-state index contributed by atoms with van der Waals surface area (Å²) in [5.41, 5.74) is 1.20. The molecule has 2 aromatic carbocycles. The Labute approximate surface area is 197 Å². The fraction of sp³-hybridized carbons (Fsp3) is 0.0455. The van der Waals surface area contributed by atoms with Crippen LogP contribution in [0.15, 0.2) is 70.0 Å². The van der Waals surface area contributed by atoms with Gasteiger partial charge in [0.25, 0.3) is 5.91 Å². The number of furan rings is 1. The van der Waals surface area contributed by atoms with E-state index in [9.17, 15) is 14.7 Å². The number of carboxylic acids is 1. The molecule has 0 saturated carbocycles. The molecule has 1 amide bonds. The standard InChI is InChI=1S/C22H13Cl2NO4S2/c23-15-8-6-13(10-16(15)24)17-9-7-14(29-17)11-18-20(26)25(22(30)31-18)19(21(27)28)12-4-2-1-3-5-12/h1-11,19H,(H,27,28)/b18-11-. The van der Waals surface area contributed by atoms with E-state index in [-0.39, 0.29) is 9.23 Å². The lowest BCUT2D eigenvalue weighted by atomic mass is 10.1. The first-order valence-corrected chi connectivity index (χ1v) is 10.9. The summed E-state index contributed by atoms with van der Waals surface area (Å²) in [6.07, 6.45) is 1.55. The highest BCUT2D eigenvalue weighted by molar-refractivity contribution is 8.26. The number of aliphatic carboxylic acids is 1. The van der Waals surface area contributed by atoms with Crippen molar-refractivity contribution in [1.29, 1.82) is 0 Å². The SMILES string of the molecule is O=C(O)C(c1ccccc1)N1C(=O)/C(=C/c2ccc(-c3ccc(Cl)c(Cl)c3)o2)SC1=S. The van der Waals surface area contributed by atoms with Gasteiger partial charge in [0.1, 0.15) is 15.8 Å². The summed E-state index contributed by atoms with van der Waals surface area (Å²) < 4.78 is 5.99. The van der Waals surface area contributed by atoms with Crippen LogP contribution < -0.4 is 0 Å². The molecular formula is C22H13Cl2NO4S2. The van der Waals surface area contributed by atoms with Crippen molar-refractivity contribution >= 4 is 69.5 Å². The second-order valence-corrected chi connectivity index (χ2v) is 9.02. The molecule has 0 spiro atoms. The normalized spacial score (nSPS) is 16.2. The number of amides is 1. The number of hydrogen-bond acceptors (Lipinski definition) is 5. The Bertz CT molecular complexity index is 1220. The third-order valence-corrected chi connectivity index (χ3v) is 6.60. The Morgan fingerprint density at radius 1 is 1.10 bits per heavy atom. The molecule has 1 fully saturated rings. The van der Waals surface area contributed by atoms with Crippen LogP contribution in [0.1, 0.15) is 17.4 Å². The third kappa shape index (κ3) is 4.41. The predicted octanol–water partition coefficient (Wildman–Crippen LogP) is 6.28. The molecule has 1 aliphatic heterocycles. The maximum absolute atomic E-state index is 13.0. The number of rotatable bonds is 5. The van der Waals surface area contributed by atoms with E-state index < -0.39 is 17.9 Å². The molecule has 3 aromatic rings. The molecule has 1 atom stereocenters. The van der Waals surface area contributed by atoms with Gasteiger partial charge in [-0.2, -0.15) is 0 Å². The number of carbonyl (C=O) groups is 2. The summed E-state index contributed by atoms with van der Waals surface area (Å²) in [6, 6.07) is 15.9. The minimum absolute atomic E-state index is 0.170. The van der Waals surface area contributed by atoms with Crippen LogP contribution in [0.3, 0.4) is 0 Å². The van der Waals surface area contributed by atoms with Crippen LogP contribution in [0.5, 0.6) is 0 Å². The molecule has 156 valence electrons. The molecule has 9 heteroatoms. The van der Waals surface area contributed by atoms with E-state index in [2.05, 4.69) is 0 Å². The van der Waals surface area contributed by atoms with Gasteiger partial charge < -0.3 is 9.52 Å². The Hall–Kier alpha value is -2.58. The second-order valence-electron chi connectivity index (χ2n) is 6.53. The molecule has 1 aromatic heterocycles. The van der Waals surface area contributed by atoms with Crippen molar-refractivity contribution in [2.24, 2.45) is 0 Å². The number of benzene rings is 2. The molecule has 4 rings (SSSR count). The van der Waals surface area contributed by atoms with Gasteiger partial charge in [0, 0.05) is 11.6 Å². The number of thiocarbonyl (C=S) groups is 1. The van der Waals surface area contributed by atoms with Crippen LogP contribution in [0.2, 0.25) is 10.0 Å². The third-order valence-electron chi connectivity index (χ3n) is 4.54. The zero-order valence-corrected chi connectivity index (χ0v) is 18.8. The minimum atomic E-state index is -1.21. The topological polar surface area (TPSA) is 70.8 Å². The highest BCUT2D eigenvalue weighted by Crippen LogP contribution is 2.39. The number of carbonyl (C=O) groups excluding carboxylic acids is 1. The zero-order valence-electron chi connectivity index (χ0n) is 15.6. The van der Waals surface area contributed by atoms with E-state index in [4.69, 9.17) is 39.8 Å². The van der Waals surface area contributed by atoms with Crippen LogP contribution in [-0.2, 0) is 9.59 Å². The van der Waals surface area contributed by atoms with Crippen LogP contribution in [0.25, 0.3) is 17.4 Å². The highest BCUT2D eigenvalue weighted by Gasteiger charge is 2.41. The van der Waals surface area contributed by atoms with Crippen molar-refractivity contribution < 1.29 is 19.1 Å². The Morgan fingerprint density at radius 2 is 1.84 bits per heavy atom. The molecular weight excluding hydrogens is 477 g/mol. The van der Waals surface area contributed by atoms with E-state index in [0.29, 0.717) is 27.1 Å². The molecule has 1 aliphatic rings. The van der Waals surface area contributed by atoms with Crippen molar-refractivity contribution in [3.05, 3.63) is 86.9 Å². The number of thioether (sulfide) groups is 1. The average Bonchev–Trinajstić information content (AvgIpc) is 3.31. The smallest absolute Gasteiger partial charge is 0.331 e. The van der Waals surface area contributed by atoms with Gasteiger partial charge in [0.15, 0.2) is 6.04 Å². The molecule has 1 unspecified atom stereocenters. The molecule has 31 heavy (non-hydrogen) atoms.